The number of β-lactam (4-membered cyclic amide) rings is 1. The van der Waals surface area contributed by atoms with E-state index in [0.717, 1.165) is 27.8 Å². The van der Waals surface area contributed by atoms with Crippen molar-refractivity contribution in [1.82, 2.24) is 19.6 Å². The first kappa shape index (κ1) is 27.9. The van der Waals surface area contributed by atoms with Crippen molar-refractivity contribution in [2.75, 3.05) is 30.4 Å². The highest BCUT2D eigenvalue weighted by Gasteiger charge is 2.54. The number of carboxylic acid groups (broad SMARTS) is 1. The molecule has 3 aromatic rings. The Morgan fingerprint density at radius 1 is 1.40 bits per heavy atom. The monoisotopic (exact) mass is 603 g/mol. The molecule has 16 heteroatoms. The molecule has 2 atom stereocenters. The van der Waals surface area contributed by atoms with Gasteiger partial charge in [-0.15, -0.1) is 23.1 Å². The van der Waals surface area contributed by atoms with Gasteiger partial charge in [-0.2, -0.15) is 4.40 Å². The predicted molar refractivity (Wildman–Crippen MR) is 152 cm³/mol. The number of hydrogen-bond acceptors (Lipinski definition) is 11. The number of aliphatic carboxylic acids is 1. The normalized spacial score (nSPS) is 19.0. The second-order valence-electron chi connectivity index (χ2n) is 8.70. The van der Waals surface area contributed by atoms with Crippen molar-refractivity contribution in [3.63, 3.8) is 0 Å². The topological polar surface area (TPSA) is 182 Å². The predicted octanol–water partition coefficient (Wildman–Crippen LogP) is 0.496. The van der Waals surface area contributed by atoms with Gasteiger partial charge < -0.3 is 26.7 Å². The number of rotatable bonds is 11. The molecule has 0 spiro atoms. The van der Waals surface area contributed by atoms with Gasteiger partial charge in [0.1, 0.15) is 48.4 Å². The van der Waals surface area contributed by atoms with E-state index in [0.29, 0.717) is 24.4 Å². The van der Waals surface area contributed by atoms with E-state index in [-0.39, 0.29) is 28.8 Å². The van der Waals surface area contributed by atoms with Gasteiger partial charge in [-0.05, 0) is 19.1 Å². The first-order chi connectivity index (χ1) is 19.3. The number of pyridine rings is 1. The summed E-state index contributed by atoms with van der Waals surface area (Å²) in [4.78, 5) is 49.1. The molecule has 5 rings (SSSR count). The van der Waals surface area contributed by atoms with Crippen molar-refractivity contribution in [3.8, 4) is 0 Å². The number of nitrogen functional groups attached to an aromatic ring is 1. The molecular formula is C24H27N8O5S3+. The number of carbonyl (C=O) groups excluding carboxylic acids is 2. The molecule has 0 bridgehead atoms. The van der Waals surface area contributed by atoms with Crippen LogP contribution in [0.1, 0.15) is 12.6 Å². The number of anilines is 1. The number of carboxylic acids is 1. The number of imidazole rings is 1. The standard InChI is InChI=1S/C24H26N8O5S3/c1-2-37-29-17(14-12-40-24(26)27-14)20(33)28-18-21(34)32-19(23(35)36)13(11-39-22(18)32)10-30-7-8-31-15(30)4-3-5-16(31)38-9-6-25/h3-5,7-8,12,18,22H,2,6,9-11,25H2,1H3,(H3-,26,27,28,33,35,36)/p+1/b29-17-/t18-,22+/m1/s1. The van der Waals surface area contributed by atoms with Gasteiger partial charge in [0.25, 0.3) is 17.5 Å². The van der Waals surface area contributed by atoms with E-state index in [1.54, 1.807) is 24.1 Å². The molecular weight excluding hydrogens is 577 g/mol. The first-order valence-corrected chi connectivity index (χ1v) is 15.2. The number of nitrogens with one attached hydrogen (secondary N) is 1. The van der Waals surface area contributed by atoms with Gasteiger partial charge in [0, 0.05) is 35.1 Å². The highest BCUT2D eigenvalue weighted by atomic mass is 32.2. The third-order valence-electron chi connectivity index (χ3n) is 6.19. The van der Waals surface area contributed by atoms with Crippen LogP contribution < -0.4 is 21.4 Å². The number of amides is 2. The van der Waals surface area contributed by atoms with Gasteiger partial charge in [0.2, 0.25) is 0 Å². The van der Waals surface area contributed by atoms with Crippen molar-refractivity contribution in [3.05, 3.63) is 52.9 Å². The lowest BCUT2D eigenvalue weighted by molar-refractivity contribution is -0.662. The van der Waals surface area contributed by atoms with Gasteiger partial charge in [0.15, 0.2) is 15.9 Å². The Labute approximate surface area is 241 Å². The van der Waals surface area contributed by atoms with E-state index in [2.05, 4.69) is 15.5 Å². The summed E-state index contributed by atoms with van der Waals surface area (Å²) in [5.74, 6) is -1.23. The fourth-order valence-electron chi connectivity index (χ4n) is 4.46. The maximum Gasteiger partial charge on any atom is 0.352 e. The van der Waals surface area contributed by atoms with Crippen LogP contribution in [-0.4, -0.2) is 79.0 Å². The Kier molecular flexibility index (Phi) is 8.30. The maximum absolute atomic E-state index is 13.2. The minimum atomic E-state index is -1.20. The van der Waals surface area contributed by atoms with Crippen molar-refractivity contribution in [1.29, 1.82) is 0 Å². The molecule has 40 heavy (non-hydrogen) atoms. The zero-order valence-corrected chi connectivity index (χ0v) is 23.8. The van der Waals surface area contributed by atoms with Crippen LogP contribution in [0.5, 0.6) is 0 Å². The van der Waals surface area contributed by atoms with Crippen LogP contribution in [0, 0.1) is 0 Å². The lowest BCUT2D eigenvalue weighted by Gasteiger charge is -2.49. The van der Waals surface area contributed by atoms with Crippen molar-refractivity contribution in [2.45, 2.75) is 29.9 Å². The zero-order chi connectivity index (χ0) is 28.4. The van der Waals surface area contributed by atoms with Gasteiger partial charge >= 0.3 is 5.97 Å². The van der Waals surface area contributed by atoms with Gasteiger partial charge in [-0.1, -0.05) is 16.9 Å². The van der Waals surface area contributed by atoms with Crippen LogP contribution in [-0.2, 0) is 25.8 Å². The third-order valence-corrected chi connectivity index (χ3v) is 9.27. The van der Waals surface area contributed by atoms with Crippen LogP contribution in [0.2, 0.25) is 0 Å². The van der Waals surface area contributed by atoms with E-state index in [9.17, 15) is 19.5 Å². The van der Waals surface area contributed by atoms with E-state index >= 15 is 0 Å². The molecule has 0 aliphatic carbocycles. The van der Waals surface area contributed by atoms with Crippen LogP contribution in [0.4, 0.5) is 5.13 Å². The summed E-state index contributed by atoms with van der Waals surface area (Å²) in [5.41, 5.74) is 12.9. The Morgan fingerprint density at radius 2 is 2.23 bits per heavy atom. The summed E-state index contributed by atoms with van der Waals surface area (Å²) in [5, 5.41) is 18.9. The van der Waals surface area contributed by atoms with E-state index in [4.69, 9.17) is 16.3 Å². The number of carbonyl (C=O) groups is 3. The van der Waals surface area contributed by atoms with E-state index in [1.165, 1.54) is 16.7 Å². The molecule has 5 heterocycles. The van der Waals surface area contributed by atoms with Gasteiger partial charge in [-0.25, -0.2) is 14.3 Å². The highest BCUT2D eigenvalue weighted by Crippen LogP contribution is 2.40. The van der Waals surface area contributed by atoms with Gasteiger partial charge in [0.05, 0.1) is 0 Å². The number of hydrogen-bond donors (Lipinski definition) is 4. The second-order valence-corrected chi connectivity index (χ2v) is 11.8. The average Bonchev–Trinajstić information content (AvgIpc) is 3.56. The Morgan fingerprint density at radius 3 is 2.92 bits per heavy atom. The minimum Gasteiger partial charge on any atom is -0.477 e. The molecule has 1 saturated heterocycles. The van der Waals surface area contributed by atoms with Crippen molar-refractivity contribution >= 4 is 69.1 Å². The second kappa shape index (κ2) is 11.9. The van der Waals surface area contributed by atoms with Crippen LogP contribution >= 0.6 is 34.9 Å². The van der Waals surface area contributed by atoms with E-state index < -0.39 is 29.2 Å². The van der Waals surface area contributed by atoms with Crippen LogP contribution in [0.25, 0.3) is 5.65 Å². The number of nitrogens with zero attached hydrogens (tertiary/aromatic N) is 5. The fraction of sp³-hybridized carbons (Fsp3) is 0.333. The molecule has 13 nitrogen and oxygen atoms in total. The van der Waals surface area contributed by atoms with E-state index in [1.807, 2.05) is 39.6 Å². The average molecular weight is 604 g/mol. The SMILES string of the molecule is CCO/N=C(\C(=O)N[C@@H]1C(=O)N2C(C(=O)O)=C(C[n+]3ccn4c(SCCN)cccc43)CS[C@@H]12)c1csc(N)n1. The Bertz CT molecular complexity index is 1530. The fourth-order valence-corrected chi connectivity index (χ4v) is 7.14. The summed E-state index contributed by atoms with van der Waals surface area (Å²) in [6.07, 6.45) is 3.81. The molecule has 6 N–H and O–H groups in total. The summed E-state index contributed by atoms with van der Waals surface area (Å²) in [6, 6.07) is 4.96. The Hall–Kier alpha value is -3.60. The smallest absolute Gasteiger partial charge is 0.352 e. The molecule has 0 unspecified atom stereocenters. The van der Waals surface area contributed by atoms with Crippen molar-refractivity contribution in [2.24, 2.45) is 10.9 Å². The lowest BCUT2D eigenvalue weighted by Crippen LogP contribution is -2.71. The minimum absolute atomic E-state index is 0.0600. The van der Waals surface area contributed by atoms with Crippen LogP contribution in [0.15, 0.2) is 57.4 Å². The third kappa shape index (κ3) is 5.26. The lowest BCUT2D eigenvalue weighted by atomic mass is 10.0. The molecule has 0 saturated carbocycles. The molecule has 210 valence electrons. The number of nitrogens with two attached hydrogens (primary N) is 2. The van der Waals surface area contributed by atoms with Gasteiger partial charge in [-0.3, -0.25) is 14.5 Å². The molecule has 2 amide bonds. The van der Waals surface area contributed by atoms with Crippen LogP contribution in [0.3, 0.4) is 0 Å². The number of thioether (sulfide) groups is 2. The molecule has 0 aromatic carbocycles. The summed E-state index contributed by atoms with van der Waals surface area (Å²) < 4.78 is 3.98. The number of aromatic nitrogens is 3. The first-order valence-electron chi connectivity index (χ1n) is 12.3. The van der Waals surface area contributed by atoms with Crippen molar-refractivity contribution < 1.29 is 28.9 Å². The summed E-state index contributed by atoms with van der Waals surface area (Å²) >= 11 is 4.17. The molecule has 2 aliphatic rings. The molecule has 0 radical (unpaired) electrons. The zero-order valence-electron chi connectivity index (χ0n) is 21.4. The number of thiazole rings is 1. The summed E-state index contributed by atoms with van der Waals surface area (Å²) in [6.45, 7) is 2.79. The summed E-state index contributed by atoms with van der Waals surface area (Å²) in [7, 11) is 0. The molecule has 1 fully saturated rings. The quantitative estimate of drug-likeness (QED) is 0.0792. The number of oxime groups is 1. The Balaban J connectivity index is 1.36. The highest BCUT2D eigenvalue weighted by molar-refractivity contribution is 8.00. The largest absolute Gasteiger partial charge is 0.477 e. The maximum atomic E-state index is 13.2. The number of fused-ring (bicyclic) bond motifs is 2. The molecule has 3 aromatic heterocycles. The molecule has 2 aliphatic heterocycles.